The quantitative estimate of drug-likeness (QED) is 0.596. The van der Waals surface area contributed by atoms with Crippen LogP contribution in [0.3, 0.4) is 0 Å². The first kappa shape index (κ1) is 10.6. The molecule has 0 amide bonds. The Hall–Kier alpha value is -0.410. The van der Waals surface area contributed by atoms with E-state index in [9.17, 15) is 4.79 Å². The molecule has 0 aromatic heterocycles. The summed E-state index contributed by atoms with van der Waals surface area (Å²) in [6, 6.07) is 0.0880. The number of hydrogen-bond donors (Lipinski definition) is 1. The van der Waals surface area contributed by atoms with Crippen LogP contribution in [0.4, 0.5) is 0 Å². The maximum Gasteiger partial charge on any atom is 0.141 e. The Morgan fingerprint density at radius 2 is 2.09 bits per heavy atom. The highest BCUT2D eigenvalue weighted by atomic mass is 16.1. The second-order valence-corrected chi connectivity index (χ2v) is 3.22. The average molecular weight is 158 g/mol. The summed E-state index contributed by atoms with van der Waals surface area (Å²) < 4.78 is 0. The molecule has 3 heteroatoms. The Bertz CT molecular complexity index is 136. The molecule has 0 spiro atoms. The van der Waals surface area contributed by atoms with Crippen molar-refractivity contribution in [3.63, 3.8) is 0 Å². The molecule has 0 aliphatic carbocycles. The molecule has 0 bridgehead atoms. The highest BCUT2D eigenvalue weighted by molar-refractivity contribution is 5.65. The van der Waals surface area contributed by atoms with Crippen LogP contribution in [0.1, 0.15) is 20.3 Å². The summed E-state index contributed by atoms with van der Waals surface area (Å²) in [7, 11) is 3.84. The monoisotopic (exact) mass is 158 g/mol. The normalized spacial score (nSPS) is 19.5. The van der Waals surface area contributed by atoms with Crippen LogP contribution in [-0.4, -0.2) is 36.9 Å². The molecule has 66 valence electrons. The van der Waals surface area contributed by atoms with E-state index in [4.69, 9.17) is 5.73 Å². The molecule has 0 fully saturated rings. The van der Waals surface area contributed by atoms with Gasteiger partial charge in [0.05, 0.1) is 5.54 Å². The maximum atomic E-state index is 10.7. The van der Waals surface area contributed by atoms with Crippen molar-refractivity contribution in [1.82, 2.24) is 4.90 Å². The van der Waals surface area contributed by atoms with Gasteiger partial charge in [-0.05, 0) is 27.4 Å². The van der Waals surface area contributed by atoms with Crippen LogP contribution in [0.2, 0.25) is 0 Å². The number of aldehydes is 1. The summed E-state index contributed by atoms with van der Waals surface area (Å²) in [6.45, 7) is 3.88. The highest BCUT2D eigenvalue weighted by Crippen LogP contribution is 2.12. The second kappa shape index (κ2) is 3.83. The second-order valence-electron chi connectivity index (χ2n) is 3.22. The standard InChI is InChI=1S/C8H18N2O/c1-5-8(9,6-11)7(2)10(3)4/h6-7H,5,9H2,1-4H3. The Morgan fingerprint density at radius 3 is 2.18 bits per heavy atom. The lowest BCUT2D eigenvalue weighted by Crippen LogP contribution is -2.56. The Kier molecular flexibility index (Phi) is 3.69. The summed E-state index contributed by atoms with van der Waals surface area (Å²) in [5, 5.41) is 0. The lowest BCUT2D eigenvalue weighted by Gasteiger charge is -2.33. The van der Waals surface area contributed by atoms with Crippen molar-refractivity contribution in [2.24, 2.45) is 5.73 Å². The number of carbonyl (C=O) groups is 1. The van der Waals surface area contributed by atoms with E-state index in [2.05, 4.69) is 0 Å². The smallest absolute Gasteiger partial charge is 0.141 e. The van der Waals surface area contributed by atoms with Crippen molar-refractivity contribution in [2.45, 2.75) is 31.8 Å². The maximum absolute atomic E-state index is 10.7. The minimum absolute atomic E-state index is 0.0880. The first-order valence-electron chi connectivity index (χ1n) is 3.89. The van der Waals surface area contributed by atoms with Gasteiger partial charge in [0.25, 0.3) is 0 Å². The van der Waals surface area contributed by atoms with Crippen molar-refractivity contribution >= 4 is 6.29 Å². The number of hydrogen-bond acceptors (Lipinski definition) is 3. The molecular weight excluding hydrogens is 140 g/mol. The van der Waals surface area contributed by atoms with Gasteiger partial charge in [0, 0.05) is 6.04 Å². The predicted octanol–water partition coefficient (Wildman–Crippen LogP) is 0.243. The molecule has 0 aromatic carbocycles. The minimum atomic E-state index is -0.691. The van der Waals surface area contributed by atoms with E-state index >= 15 is 0 Å². The van der Waals surface area contributed by atoms with Crippen LogP contribution in [-0.2, 0) is 4.79 Å². The van der Waals surface area contributed by atoms with Gasteiger partial charge in [-0.3, -0.25) is 0 Å². The number of rotatable bonds is 4. The third-order valence-electron chi connectivity index (χ3n) is 2.38. The molecule has 0 rings (SSSR count). The van der Waals surface area contributed by atoms with Gasteiger partial charge in [-0.15, -0.1) is 0 Å². The minimum Gasteiger partial charge on any atom is -0.318 e. The molecule has 0 aliphatic rings. The van der Waals surface area contributed by atoms with E-state index in [-0.39, 0.29) is 6.04 Å². The largest absolute Gasteiger partial charge is 0.318 e. The third kappa shape index (κ3) is 2.27. The van der Waals surface area contributed by atoms with Crippen molar-refractivity contribution < 1.29 is 4.79 Å². The molecule has 0 radical (unpaired) electrons. The van der Waals surface area contributed by atoms with Crippen LogP contribution >= 0.6 is 0 Å². The molecule has 3 nitrogen and oxygen atoms in total. The van der Waals surface area contributed by atoms with Gasteiger partial charge in [-0.25, -0.2) is 0 Å². The Labute approximate surface area is 68.6 Å². The van der Waals surface area contributed by atoms with Crippen LogP contribution < -0.4 is 5.73 Å². The summed E-state index contributed by atoms with van der Waals surface area (Å²) >= 11 is 0. The van der Waals surface area contributed by atoms with Gasteiger partial charge in [-0.1, -0.05) is 6.92 Å². The predicted molar refractivity (Wildman–Crippen MR) is 46.4 cm³/mol. The zero-order valence-electron chi connectivity index (χ0n) is 7.79. The van der Waals surface area contributed by atoms with E-state index < -0.39 is 5.54 Å². The molecular formula is C8H18N2O. The van der Waals surface area contributed by atoms with Crippen LogP contribution in [0, 0.1) is 0 Å². The number of nitrogens with zero attached hydrogens (tertiary/aromatic N) is 1. The molecule has 0 saturated carbocycles. The zero-order valence-corrected chi connectivity index (χ0v) is 7.79. The summed E-state index contributed by atoms with van der Waals surface area (Å²) in [4.78, 5) is 12.6. The first-order chi connectivity index (χ1) is 4.98. The topological polar surface area (TPSA) is 46.3 Å². The highest BCUT2D eigenvalue weighted by Gasteiger charge is 2.30. The van der Waals surface area contributed by atoms with Crippen LogP contribution in [0.5, 0.6) is 0 Å². The summed E-state index contributed by atoms with van der Waals surface area (Å²) in [5.74, 6) is 0. The van der Waals surface area contributed by atoms with E-state index in [1.807, 2.05) is 32.8 Å². The van der Waals surface area contributed by atoms with Crippen molar-refractivity contribution in [3.8, 4) is 0 Å². The SMILES string of the molecule is CCC(N)(C=O)C(C)N(C)C. The van der Waals surface area contributed by atoms with Gasteiger partial charge in [-0.2, -0.15) is 0 Å². The van der Waals surface area contributed by atoms with Gasteiger partial charge >= 0.3 is 0 Å². The summed E-state index contributed by atoms with van der Waals surface area (Å²) in [5.41, 5.74) is 5.14. The Morgan fingerprint density at radius 1 is 1.64 bits per heavy atom. The van der Waals surface area contributed by atoms with E-state index in [1.165, 1.54) is 0 Å². The third-order valence-corrected chi connectivity index (χ3v) is 2.38. The van der Waals surface area contributed by atoms with E-state index in [0.29, 0.717) is 6.42 Å². The number of likely N-dealkylation sites (N-methyl/N-ethyl adjacent to an activating group) is 1. The lowest BCUT2D eigenvalue weighted by molar-refractivity contribution is -0.114. The molecule has 0 aliphatic heterocycles. The molecule has 11 heavy (non-hydrogen) atoms. The van der Waals surface area contributed by atoms with E-state index in [1.54, 1.807) is 0 Å². The lowest BCUT2D eigenvalue weighted by atomic mass is 9.90. The van der Waals surface area contributed by atoms with Gasteiger partial charge in [0.2, 0.25) is 0 Å². The van der Waals surface area contributed by atoms with Gasteiger partial charge in [0.1, 0.15) is 6.29 Å². The Balaban J connectivity index is 4.36. The van der Waals surface area contributed by atoms with Crippen molar-refractivity contribution in [1.29, 1.82) is 0 Å². The fourth-order valence-corrected chi connectivity index (χ4v) is 0.958. The van der Waals surface area contributed by atoms with Gasteiger partial charge < -0.3 is 15.4 Å². The first-order valence-corrected chi connectivity index (χ1v) is 3.89. The number of carbonyl (C=O) groups excluding carboxylic acids is 1. The molecule has 0 saturated heterocycles. The molecule has 2 atom stereocenters. The molecule has 2 unspecified atom stereocenters. The van der Waals surface area contributed by atoms with Crippen LogP contribution in [0.25, 0.3) is 0 Å². The fraction of sp³-hybridized carbons (Fsp3) is 0.875. The van der Waals surface area contributed by atoms with Gasteiger partial charge in [0.15, 0.2) is 0 Å². The summed E-state index contributed by atoms with van der Waals surface area (Å²) in [6.07, 6.45) is 1.52. The molecule has 2 N–H and O–H groups in total. The van der Waals surface area contributed by atoms with Crippen LogP contribution in [0.15, 0.2) is 0 Å². The van der Waals surface area contributed by atoms with Crippen molar-refractivity contribution in [2.75, 3.05) is 14.1 Å². The number of nitrogens with two attached hydrogens (primary N) is 1. The average Bonchev–Trinajstić information content (AvgIpc) is 2.01. The van der Waals surface area contributed by atoms with E-state index in [0.717, 1.165) is 6.29 Å². The molecule has 0 heterocycles. The molecule has 0 aromatic rings. The zero-order chi connectivity index (χ0) is 9.07. The van der Waals surface area contributed by atoms with Crippen molar-refractivity contribution in [3.05, 3.63) is 0 Å². The fourth-order valence-electron chi connectivity index (χ4n) is 0.958.